The Balaban J connectivity index is 2.04. The van der Waals surface area contributed by atoms with Gasteiger partial charge < -0.3 is 4.57 Å². The van der Waals surface area contributed by atoms with Crippen molar-refractivity contribution in [3.63, 3.8) is 0 Å². The molecule has 3 rings (SSSR count). The van der Waals surface area contributed by atoms with E-state index in [1.54, 1.807) is 35.2 Å². The number of benzene rings is 2. The maximum absolute atomic E-state index is 12.9. The molecule has 0 saturated carbocycles. The van der Waals surface area contributed by atoms with Crippen LogP contribution in [0.1, 0.15) is 0 Å². The number of hydrogen-bond donors (Lipinski definition) is 0. The molecule has 5 heteroatoms. The highest BCUT2D eigenvalue weighted by Gasteiger charge is 2.09. The van der Waals surface area contributed by atoms with E-state index in [0.29, 0.717) is 17.0 Å². The van der Waals surface area contributed by atoms with E-state index in [1.165, 1.54) is 24.3 Å². The third-order valence-electron chi connectivity index (χ3n) is 3.03. The summed E-state index contributed by atoms with van der Waals surface area (Å²) in [6, 6.07) is 11.9. The summed E-state index contributed by atoms with van der Waals surface area (Å²) >= 11 is 0. The fourth-order valence-electron chi connectivity index (χ4n) is 2.00. The van der Waals surface area contributed by atoms with E-state index in [1.807, 2.05) is 0 Å². The minimum atomic E-state index is -0.315. The molecule has 0 aliphatic heterocycles. The second kappa shape index (κ2) is 4.92. The van der Waals surface area contributed by atoms with Crippen LogP contribution in [0.2, 0.25) is 0 Å². The van der Waals surface area contributed by atoms with Crippen LogP contribution in [0.5, 0.6) is 0 Å². The van der Waals surface area contributed by atoms with Gasteiger partial charge in [-0.2, -0.15) is 0 Å². The molecule has 2 aromatic carbocycles. The summed E-state index contributed by atoms with van der Waals surface area (Å²) in [4.78, 5) is 4.24. The quantitative estimate of drug-likeness (QED) is 0.652. The van der Waals surface area contributed by atoms with Gasteiger partial charge in [0.15, 0.2) is 0 Å². The SMILES string of the molecule is [B]c1c(-c2ccc(F)cc2)ncn1-c1ccc(F)cc1. The smallest absolute Gasteiger partial charge is 0.142 e. The molecule has 0 saturated heterocycles. The van der Waals surface area contributed by atoms with Gasteiger partial charge in [0.2, 0.25) is 0 Å². The Morgan fingerprint density at radius 2 is 1.40 bits per heavy atom. The zero-order valence-corrected chi connectivity index (χ0v) is 10.4. The lowest BCUT2D eigenvalue weighted by molar-refractivity contribution is 0.627. The highest BCUT2D eigenvalue weighted by atomic mass is 19.1. The molecule has 20 heavy (non-hydrogen) atoms. The Bertz CT molecular complexity index is 671. The molecule has 1 aromatic heterocycles. The highest BCUT2D eigenvalue weighted by Crippen LogP contribution is 2.17. The van der Waals surface area contributed by atoms with E-state index in [9.17, 15) is 8.78 Å². The van der Waals surface area contributed by atoms with E-state index in [4.69, 9.17) is 7.85 Å². The summed E-state index contributed by atoms with van der Waals surface area (Å²) in [7, 11) is 6.06. The molecular weight excluding hydrogens is 257 g/mol. The van der Waals surface area contributed by atoms with Crippen molar-refractivity contribution in [3.05, 3.63) is 66.5 Å². The Labute approximate surface area is 116 Å². The van der Waals surface area contributed by atoms with Crippen LogP contribution in [0.25, 0.3) is 16.9 Å². The van der Waals surface area contributed by atoms with Crippen LogP contribution in [0.15, 0.2) is 54.9 Å². The number of halogens is 2. The van der Waals surface area contributed by atoms with Gasteiger partial charge in [-0.15, -0.1) is 0 Å². The zero-order valence-electron chi connectivity index (χ0n) is 10.4. The van der Waals surface area contributed by atoms with Crippen molar-refractivity contribution in [3.8, 4) is 16.9 Å². The molecule has 3 aromatic rings. The van der Waals surface area contributed by atoms with Crippen molar-refractivity contribution in [1.82, 2.24) is 9.55 Å². The van der Waals surface area contributed by atoms with Crippen molar-refractivity contribution >= 4 is 13.4 Å². The Kier molecular flexibility index (Phi) is 3.10. The Morgan fingerprint density at radius 1 is 0.850 bits per heavy atom. The van der Waals surface area contributed by atoms with Crippen molar-refractivity contribution in [2.75, 3.05) is 0 Å². The van der Waals surface area contributed by atoms with Gasteiger partial charge in [-0.25, -0.2) is 13.8 Å². The Morgan fingerprint density at radius 3 is 2.00 bits per heavy atom. The van der Waals surface area contributed by atoms with Crippen molar-refractivity contribution in [1.29, 1.82) is 0 Å². The van der Waals surface area contributed by atoms with Crippen LogP contribution < -0.4 is 5.59 Å². The first kappa shape index (κ1) is 12.6. The molecule has 0 amide bonds. The Hall–Kier alpha value is -2.43. The third kappa shape index (κ3) is 2.22. The van der Waals surface area contributed by atoms with Crippen molar-refractivity contribution in [2.24, 2.45) is 0 Å². The topological polar surface area (TPSA) is 17.8 Å². The largest absolute Gasteiger partial charge is 0.313 e. The van der Waals surface area contributed by atoms with E-state index >= 15 is 0 Å². The molecule has 0 fully saturated rings. The molecule has 2 radical (unpaired) electrons. The summed E-state index contributed by atoms with van der Waals surface area (Å²) in [6.07, 6.45) is 1.56. The monoisotopic (exact) mass is 266 g/mol. The summed E-state index contributed by atoms with van der Waals surface area (Å²) in [5.74, 6) is -0.628. The molecule has 0 spiro atoms. The van der Waals surface area contributed by atoms with E-state index in [-0.39, 0.29) is 11.6 Å². The lowest BCUT2D eigenvalue weighted by Gasteiger charge is -2.06. The second-order valence-corrected chi connectivity index (χ2v) is 4.33. The van der Waals surface area contributed by atoms with E-state index in [0.717, 1.165) is 5.56 Å². The fourth-order valence-corrected chi connectivity index (χ4v) is 2.00. The van der Waals surface area contributed by atoms with E-state index < -0.39 is 0 Å². The molecule has 0 aliphatic rings. The third-order valence-corrected chi connectivity index (χ3v) is 3.03. The minimum Gasteiger partial charge on any atom is -0.313 e. The summed E-state index contributed by atoms with van der Waals surface area (Å²) in [6.45, 7) is 0. The van der Waals surface area contributed by atoms with Gasteiger partial charge in [0, 0.05) is 11.3 Å². The minimum absolute atomic E-state index is 0.314. The van der Waals surface area contributed by atoms with Crippen LogP contribution >= 0.6 is 0 Å². The second-order valence-electron chi connectivity index (χ2n) is 4.33. The van der Waals surface area contributed by atoms with Gasteiger partial charge in [0.25, 0.3) is 0 Å². The molecule has 96 valence electrons. The molecule has 2 nitrogen and oxygen atoms in total. The predicted molar refractivity (Wildman–Crippen MR) is 74.3 cm³/mol. The maximum Gasteiger partial charge on any atom is 0.142 e. The zero-order chi connectivity index (χ0) is 14.1. The van der Waals surface area contributed by atoms with Gasteiger partial charge in [-0.1, -0.05) is 0 Å². The van der Waals surface area contributed by atoms with Crippen molar-refractivity contribution in [2.45, 2.75) is 0 Å². The molecule has 1 heterocycles. The number of nitrogens with zero attached hydrogens (tertiary/aromatic N) is 2. The first-order chi connectivity index (χ1) is 9.65. The molecule has 0 aliphatic carbocycles. The standard InChI is InChI=1S/C15H9BF2N2/c16-15-14(10-1-3-11(17)4-2-10)19-9-20(15)13-7-5-12(18)6-8-13/h1-9H. The number of imidazole rings is 1. The van der Waals surface area contributed by atoms with Crippen LogP contribution in [0.4, 0.5) is 8.78 Å². The predicted octanol–water partition coefficient (Wildman–Crippen LogP) is 2.61. The van der Waals surface area contributed by atoms with Gasteiger partial charge in [-0.3, -0.25) is 0 Å². The van der Waals surface area contributed by atoms with Gasteiger partial charge in [0.05, 0.1) is 12.0 Å². The average molecular weight is 266 g/mol. The van der Waals surface area contributed by atoms with Crippen molar-refractivity contribution < 1.29 is 8.78 Å². The summed E-state index contributed by atoms with van der Waals surface area (Å²) in [5.41, 5.74) is 2.42. The summed E-state index contributed by atoms with van der Waals surface area (Å²) in [5, 5.41) is 0. The number of hydrogen-bond acceptors (Lipinski definition) is 1. The molecule has 0 N–H and O–H groups in total. The van der Waals surface area contributed by atoms with Gasteiger partial charge in [0.1, 0.15) is 19.5 Å². The highest BCUT2D eigenvalue weighted by molar-refractivity contribution is 6.34. The molecule has 0 bridgehead atoms. The van der Waals surface area contributed by atoms with Crippen LogP contribution in [0.3, 0.4) is 0 Å². The average Bonchev–Trinajstić information content (AvgIpc) is 2.83. The van der Waals surface area contributed by atoms with Crippen LogP contribution in [-0.4, -0.2) is 17.4 Å². The van der Waals surface area contributed by atoms with E-state index in [2.05, 4.69) is 4.98 Å². The number of aromatic nitrogens is 2. The normalized spacial score (nSPS) is 10.7. The fraction of sp³-hybridized carbons (Fsp3) is 0. The van der Waals surface area contributed by atoms with Gasteiger partial charge >= 0.3 is 0 Å². The molecule has 0 unspecified atom stereocenters. The number of rotatable bonds is 2. The molecular formula is C15H9BF2N2. The lowest BCUT2D eigenvalue weighted by atomic mass is 9.97. The van der Waals surface area contributed by atoms with Crippen LogP contribution in [0, 0.1) is 11.6 Å². The van der Waals surface area contributed by atoms with Gasteiger partial charge in [-0.05, 0) is 54.1 Å². The first-order valence-electron chi connectivity index (χ1n) is 6.00. The van der Waals surface area contributed by atoms with Crippen LogP contribution in [-0.2, 0) is 0 Å². The summed E-state index contributed by atoms with van der Waals surface area (Å²) < 4.78 is 27.5. The maximum atomic E-state index is 12.9. The first-order valence-corrected chi connectivity index (χ1v) is 6.00. The molecule has 0 atom stereocenters. The lowest BCUT2D eigenvalue weighted by Crippen LogP contribution is -2.16.